The van der Waals surface area contributed by atoms with Gasteiger partial charge in [-0.15, -0.1) is 0 Å². The lowest BCUT2D eigenvalue weighted by atomic mass is 10.1. The van der Waals surface area contributed by atoms with Crippen molar-refractivity contribution in [1.82, 2.24) is 9.97 Å². The topological polar surface area (TPSA) is 78.8 Å². The SMILES string of the molecule is N#Cc1cc(Cl)cc(Oc2c(F)c(CCc3ccncc3)[nH]c(=O)c2Br)c1. The van der Waals surface area contributed by atoms with Gasteiger partial charge < -0.3 is 9.72 Å². The minimum absolute atomic E-state index is 0.0776. The molecule has 5 nitrogen and oxygen atoms in total. The average molecular weight is 449 g/mol. The van der Waals surface area contributed by atoms with Crippen LogP contribution in [-0.2, 0) is 12.8 Å². The third kappa shape index (κ3) is 4.54. The van der Waals surface area contributed by atoms with Crippen LogP contribution in [0.5, 0.6) is 11.5 Å². The van der Waals surface area contributed by atoms with Crippen molar-refractivity contribution in [1.29, 1.82) is 5.26 Å². The molecule has 1 aromatic carbocycles. The highest BCUT2D eigenvalue weighted by molar-refractivity contribution is 9.10. The Hall–Kier alpha value is -2.69. The molecule has 0 bridgehead atoms. The molecular formula is C19H12BrClFN3O2. The number of aromatic nitrogens is 2. The van der Waals surface area contributed by atoms with Crippen LogP contribution in [0.4, 0.5) is 4.39 Å². The van der Waals surface area contributed by atoms with Crippen LogP contribution in [0.15, 0.2) is 52.0 Å². The Morgan fingerprint density at radius 3 is 2.70 bits per heavy atom. The van der Waals surface area contributed by atoms with E-state index in [0.29, 0.717) is 6.42 Å². The van der Waals surface area contributed by atoms with Gasteiger partial charge in [-0.2, -0.15) is 5.26 Å². The van der Waals surface area contributed by atoms with Gasteiger partial charge in [-0.05, 0) is 64.7 Å². The van der Waals surface area contributed by atoms with Crippen molar-refractivity contribution < 1.29 is 9.13 Å². The zero-order valence-electron chi connectivity index (χ0n) is 13.8. The molecule has 1 N–H and O–H groups in total. The number of aryl methyl sites for hydroxylation is 2. The molecule has 8 heteroatoms. The zero-order valence-corrected chi connectivity index (χ0v) is 16.1. The van der Waals surface area contributed by atoms with Crippen molar-refractivity contribution in [3.05, 3.63) is 85.2 Å². The number of hydrogen-bond donors (Lipinski definition) is 1. The fourth-order valence-electron chi connectivity index (χ4n) is 2.47. The van der Waals surface area contributed by atoms with Crippen molar-refractivity contribution in [3.63, 3.8) is 0 Å². The molecule has 0 fully saturated rings. The van der Waals surface area contributed by atoms with Crippen LogP contribution in [0.25, 0.3) is 0 Å². The van der Waals surface area contributed by atoms with Crippen LogP contribution in [0.2, 0.25) is 5.02 Å². The summed E-state index contributed by atoms with van der Waals surface area (Å²) in [6.07, 6.45) is 4.09. The first-order valence-electron chi connectivity index (χ1n) is 7.85. The standard InChI is InChI=1S/C19H12BrClFN3O2/c20-16-18(27-14-8-12(10-23)7-13(21)9-14)17(22)15(25-19(16)26)2-1-11-3-5-24-6-4-11/h3-9H,1-2H2,(H,25,26). The molecule has 0 saturated heterocycles. The smallest absolute Gasteiger partial charge is 0.266 e. The normalized spacial score (nSPS) is 10.4. The molecule has 136 valence electrons. The first-order chi connectivity index (χ1) is 13.0. The van der Waals surface area contributed by atoms with Gasteiger partial charge in [-0.3, -0.25) is 9.78 Å². The van der Waals surface area contributed by atoms with Crippen molar-refractivity contribution >= 4 is 27.5 Å². The average Bonchev–Trinajstić information content (AvgIpc) is 2.67. The van der Waals surface area contributed by atoms with E-state index in [9.17, 15) is 9.18 Å². The Morgan fingerprint density at radius 2 is 2.00 bits per heavy atom. The summed E-state index contributed by atoms with van der Waals surface area (Å²) >= 11 is 9.00. The summed E-state index contributed by atoms with van der Waals surface area (Å²) in [6, 6.07) is 9.89. The maximum Gasteiger partial charge on any atom is 0.266 e. The first-order valence-corrected chi connectivity index (χ1v) is 9.02. The second kappa shape index (κ2) is 8.33. The monoisotopic (exact) mass is 447 g/mol. The third-order valence-electron chi connectivity index (χ3n) is 3.76. The van der Waals surface area contributed by atoms with Gasteiger partial charge in [-0.25, -0.2) is 4.39 Å². The third-order valence-corrected chi connectivity index (χ3v) is 4.70. The lowest BCUT2D eigenvalue weighted by molar-refractivity contribution is 0.430. The van der Waals surface area contributed by atoms with E-state index in [0.717, 1.165) is 5.56 Å². The van der Waals surface area contributed by atoms with E-state index < -0.39 is 11.4 Å². The number of rotatable bonds is 5. The second-order valence-electron chi connectivity index (χ2n) is 5.63. The molecule has 0 aliphatic rings. The molecule has 2 heterocycles. The van der Waals surface area contributed by atoms with Crippen LogP contribution in [0.1, 0.15) is 16.8 Å². The molecule has 0 radical (unpaired) electrons. The van der Waals surface area contributed by atoms with E-state index in [1.807, 2.05) is 18.2 Å². The fraction of sp³-hybridized carbons (Fsp3) is 0.105. The molecule has 0 atom stereocenters. The second-order valence-corrected chi connectivity index (χ2v) is 6.86. The summed E-state index contributed by atoms with van der Waals surface area (Å²) < 4.78 is 20.4. The van der Waals surface area contributed by atoms with Crippen molar-refractivity contribution in [2.75, 3.05) is 0 Å². The fourth-order valence-corrected chi connectivity index (χ4v) is 3.05. The van der Waals surface area contributed by atoms with Crippen LogP contribution >= 0.6 is 27.5 Å². The predicted molar refractivity (Wildman–Crippen MR) is 103 cm³/mol. The Kier molecular flexibility index (Phi) is 5.89. The highest BCUT2D eigenvalue weighted by Gasteiger charge is 2.19. The van der Waals surface area contributed by atoms with Gasteiger partial charge in [0.15, 0.2) is 11.6 Å². The molecule has 0 unspecified atom stereocenters. The summed E-state index contributed by atoms with van der Waals surface area (Å²) in [6.45, 7) is 0. The number of hydrogen-bond acceptors (Lipinski definition) is 4. The maximum absolute atomic E-state index is 14.9. The summed E-state index contributed by atoms with van der Waals surface area (Å²) in [4.78, 5) is 18.6. The Labute approximate surface area is 167 Å². The van der Waals surface area contributed by atoms with Crippen LogP contribution in [-0.4, -0.2) is 9.97 Å². The number of aromatic amines is 1. The summed E-state index contributed by atoms with van der Waals surface area (Å²) in [5.41, 5.74) is 0.831. The number of nitrogens with one attached hydrogen (secondary N) is 1. The van der Waals surface area contributed by atoms with Gasteiger partial charge >= 0.3 is 0 Å². The van der Waals surface area contributed by atoms with Gasteiger partial charge in [0.05, 0.1) is 17.3 Å². The predicted octanol–water partition coefficient (Wildman–Crippen LogP) is 4.77. The van der Waals surface area contributed by atoms with Crippen LogP contribution in [0, 0.1) is 17.1 Å². The molecule has 2 aromatic heterocycles. The van der Waals surface area contributed by atoms with E-state index in [2.05, 4.69) is 25.9 Å². The molecule has 27 heavy (non-hydrogen) atoms. The molecule has 3 aromatic rings. The van der Waals surface area contributed by atoms with E-state index in [1.54, 1.807) is 12.4 Å². The number of halogens is 3. The molecule has 0 saturated carbocycles. The quantitative estimate of drug-likeness (QED) is 0.609. The first kappa shape index (κ1) is 19.1. The van der Waals surface area contributed by atoms with Crippen LogP contribution in [0.3, 0.4) is 0 Å². The Balaban J connectivity index is 1.93. The summed E-state index contributed by atoms with van der Waals surface area (Å²) in [7, 11) is 0. The minimum Gasteiger partial charge on any atom is -0.453 e. The van der Waals surface area contributed by atoms with Gasteiger partial charge in [-0.1, -0.05) is 11.6 Å². The number of pyridine rings is 2. The van der Waals surface area contributed by atoms with Crippen molar-refractivity contribution in [2.24, 2.45) is 0 Å². The molecule has 3 rings (SSSR count). The zero-order chi connectivity index (χ0) is 19.4. The lowest BCUT2D eigenvalue weighted by Crippen LogP contribution is -2.15. The Morgan fingerprint density at radius 1 is 1.26 bits per heavy atom. The van der Waals surface area contributed by atoms with E-state index in [4.69, 9.17) is 21.6 Å². The number of nitrogens with zero attached hydrogens (tertiary/aromatic N) is 2. The maximum atomic E-state index is 14.9. The van der Waals surface area contributed by atoms with Gasteiger partial charge in [0.25, 0.3) is 5.56 Å². The van der Waals surface area contributed by atoms with Crippen molar-refractivity contribution in [3.8, 4) is 17.6 Å². The summed E-state index contributed by atoms with van der Waals surface area (Å²) in [5.74, 6) is -0.784. The van der Waals surface area contributed by atoms with E-state index in [1.165, 1.54) is 18.2 Å². The lowest BCUT2D eigenvalue weighted by Gasteiger charge is -2.12. The molecule has 0 aliphatic heterocycles. The largest absolute Gasteiger partial charge is 0.453 e. The molecule has 0 aliphatic carbocycles. The minimum atomic E-state index is -0.686. The van der Waals surface area contributed by atoms with Gasteiger partial charge in [0, 0.05) is 17.4 Å². The number of ether oxygens (including phenoxy) is 1. The highest BCUT2D eigenvalue weighted by Crippen LogP contribution is 2.33. The molecule has 0 spiro atoms. The number of benzene rings is 1. The van der Waals surface area contributed by atoms with Gasteiger partial charge in [0.1, 0.15) is 10.2 Å². The molecule has 0 amide bonds. The van der Waals surface area contributed by atoms with Crippen LogP contribution < -0.4 is 10.3 Å². The van der Waals surface area contributed by atoms with Gasteiger partial charge in [0.2, 0.25) is 0 Å². The number of H-pyrrole nitrogens is 1. The Bertz CT molecular complexity index is 1080. The highest BCUT2D eigenvalue weighted by atomic mass is 79.9. The molecular weight excluding hydrogens is 437 g/mol. The van der Waals surface area contributed by atoms with Crippen molar-refractivity contribution in [2.45, 2.75) is 12.8 Å². The van der Waals surface area contributed by atoms with E-state index >= 15 is 0 Å². The van der Waals surface area contributed by atoms with E-state index in [-0.39, 0.29) is 38.7 Å². The summed E-state index contributed by atoms with van der Waals surface area (Å²) in [5, 5.41) is 9.29. The number of nitriles is 1.